The van der Waals surface area contributed by atoms with E-state index >= 15 is 0 Å². The van der Waals surface area contributed by atoms with E-state index in [9.17, 15) is 4.79 Å². The highest BCUT2D eigenvalue weighted by atomic mass is 16.2. The minimum atomic E-state index is 0.366. The van der Waals surface area contributed by atoms with Crippen molar-refractivity contribution >= 4 is 5.91 Å². The summed E-state index contributed by atoms with van der Waals surface area (Å²) in [6.07, 6.45) is 13.7. The largest absolute Gasteiger partial charge is 0.341 e. The van der Waals surface area contributed by atoms with Gasteiger partial charge in [0.25, 0.3) is 0 Å². The molecule has 1 N–H and O–H groups in total. The first kappa shape index (κ1) is 17.5. The third kappa shape index (κ3) is 7.28. The number of unbranched alkanes of at least 4 members (excludes halogenated alkanes) is 8. The average molecular weight is 282 g/mol. The Labute approximate surface area is 125 Å². The second-order valence-electron chi connectivity index (χ2n) is 6.19. The Morgan fingerprint density at radius 1 is 1.05 bits per heavy atom. The summed E-state index contributed by atoms with van der Waals surface area (Å²) in [6, 6.07) is 0.516. The summed E-state index contributed by atoms with van der Waals surface area (Å²) >= 11 is 0. The van der Waals surface area contributed by atoms with Crippen LogP contribution in [0.2, 0.25) is 0 Å². The summed E-state index contributed by atoms with van der Waals surface area (Å²) in [4.78, 5) is 14.0. The molecule has 1 aliphatic heterocycles. The Morgan fingerprint density at radius 3 is 2.20 bits per heavy atom. The van der Waals surface area contributed by atoms with Crippen molar-refractivity contribution in [1.29, 1.82) is 0 Å². The first-order valence-electron chi connectivity index (χ1n) is 8.73. The van der Waals surface area contributed by atoms with E-state index in [1.807, 2.05) is 11.9 Å². The summed E-state index contributed by atoms with van der Waals surface area (Å²) in [5, 5.41) is 3.26. The van der Waals surface area contributed by atoms with E-state index in [-0.39, 0.29) is 0 Å². The van der Waals surface area contributed by atoms with Crippen molar-refractivity contribution in [3.8, 4) is 0 Å². The quantitative estimate of drug-likeness (QED) is 0.586. The third-order valence-electron chi connectivity index (χ3n) is 4.44. The molecule has 0 saturated carbocycles. The molecule has 1 unspecified atom stereocenters. The Hall–Kier alpha value is -0.570. The van der Waals surface area contributed by atoms with Crippen LogP contribution >= 0.6 is 0 Å². The fraction of sp³-hybridized carbons (Fsp3) is 0.941. The maximum atomic E-state index is 12.0. The molecule has 1 atom stereocenters. The van der Waals surface area contributed by atoms with Crippen LogP contribution in [-0.2, 0) is 4.79 Å². The minimum Gasteiger partial charge on any atom is -0.341 e. The predicted octanol–water partition coefficient (Wildman–Crippen LogP) is 3.73. The van der Waals surface area contributed by atoms with Crippen LogP contribution < -0.4 is 5.32 Å². The number of amides is 1. The van der Waals surface area contributed by atoms with Crippen LogP contribution in [0.5, 0.6) is 0 Å². The molecule has 3 heteroatoms. The normalized spacial score (nSPS) is 18.7. The van der Waals surface area contributed by atoms with Gasteiger partial charge in [-0.15, -0.1) is 0 Å². The van der Waals surface area contributed by atoms with Gasteiger partial charge < -0.3 is 10.2 Å². The number of nitrogens with zero attached hydrogens (tertiary/aromatic N) is 1. The van der Waals surface area contributed by atoms with Crippen LogP contribution in [0, 0.1) is 0 Å². The van der Waals surface area contributed by atoms with E-state index < -0.39 is 0 Å². The lowest BCUT2D eigenvalue weighted by atomic mass is 10.1. The SMILES string of the molecule is CCCCCCCCCCCC(=O)N1CCC(NC)C1. The molecule has 0 aromatic heterocycles. The number of hydrogen-bond acceptors (Lipinski definition) is 2. The van der Waals surface area contributed by atoms with Crippen molar-refractivity contribution in [2.75, 3.05) is 20.1 Å². The molecule has 1 amide bonds. The second-order valence-corrected chi connectivity index (χ2v) is 6.19. The molecule has 0 aromatic rings. The van der Waals surface area contributed by atoms with E-state index in [0.717, 1.165) is 32.4 Å². The molecule has 20 heavy (non-hydrogen) atoms. The Bertz CT molecular complexity index is 255. The molecule has 1 rings (SSSR count). The molecule has 0 spiro atoms. The van der Waals surface area contributed by atoms with Crippen LogP contribution in [0.4, 0.5) is 0 Å². The summed E-state index contributed by atoms with van der Waals surface area (Å²) < 4.78 is 0. The zero-order valence-electron chi connectivity index (χ0n) is 13.6. The summed E-state index contributed by atoms with van der Waals surface area (Å²) in [7, 11) is 1.99. The maximum Gasteiger partial charge on any atom is 0.222 e. The zero-order chi connectivity index (χ0) is 14.6. The van der Waals surface area contributed by atoms with E-state index in [2.05, 4.69) is 12.2 Å². The number of nitrogens with one attached hydrogen (secondary N) is 1. The van der Waals surface area contributed by atoms with Gasteiger partial charge in [-0.1, -0.05) is 58.3 Å². The lowest BCUT2D eigenvalue weighted by molar-refractivity contribution is -0.130. The van der Waals surface area contributed by atoms with Crippen molar-refractivity contribution in [3.05, 3.63) is 0 Å². The Morgan fingerprint density at radius 2 is 1.65 bits per heavy atom. The number of carbonyl (C=O) groups excluding carboxylic acids is 1. The Kier molecular flexibility index (Phi) is 9.73. The summed E-state index contributed by atoms with van der Waals surface area (Å²) in [5.74, 6) is 0.366. The Balaban J connectivity index is 1.90. The standard InChI is InChI=1S/C17H34N2O/c1-3-4-5-6-7-8-9-10-11-12-17(20)19-14-13-16(15-19)18-2/h16,18H,3-15H2,1-2H3. The maximum absolute atomic E-state index is 12.0. The molecule has 0 radical (unpaired) electrons. The average Bonchev–Trinajstić information content (AvgIpc) is 2.94. The lowest BCUT2D eigenvalue weighted by Crippen LogP contribution is -2.33. The molecule has 0 aromatic carbocycles. The molecule has 118 valence electrons. The van der Waals surface area contributed by atoms with Gasteiger partial charge in [-0.25, -0.2) is 0 Å². The van der Waals surface area contributed by atoms with Gasteiger partial charge in [-0.05, 0) is 19.9 Å². The molecule has 0 aliphatic carbocycles. The number of hydrogen-bond donors (Lipinski definition) is 1. The highest BCUT2D eigenvalue weighted by molar-refractivity contribution is 5.76. The number of carbonyl (C=O) groups is 1. The zero-order valence-corrected chi connectivity index (χ0v) is 13.6. The molecule has 1 heterocycles. The first-order chi connectivity index (χ1) is 9.77. The predicted molar refractivity (Wildman–Crippen MR) is 85.9 cm³/mol. The number of likely N-dealkylation sites (N-methyl/N-ethyl adjacent to an activating group) is 1. The van der Waals surface area contributed by atoms with E-state index in [1.54, 1.807) is 0 Å². The first-order valence-corrected chi connectivity index (χ1v) is 8.73. The highest BCUT2D eigenvalue weighted by Crippen LogP contribution is 2.14. The molecular weight excluding hydrogens is 248 g/mol. The molecular formula is C17H34N2O. The monoisotopic (exact) mass is 282 g/mol. The van der Waals surface area contributed by atoms with E-state index in [1.165, 1.54) is 51.4 Å². The van der Waals surface area contributed by atoms with Crippen LogP contribution in [0.3, 0.4) is 0 Å². The van der Waals surface area contributed by atoms with Gasteiger partial charge in [0.15, 0.2) is 0 Å². The van der Waals surface area contributed by atoms with Gasteiger partial charge in [-0.3, -0.25) is 4.79 Å². The van der Waals surface area contributed by atoms with E-state index in [0.29, 0.717) is 11.9 Å². The molecule has 1 aliphatic rings. The number of rotatable bonds is 11. The van der Waals surface area contributed by atoms with Crippen molar-refractivity contribution in [2.45, 2.75) is 83.6 Å². The van der Waals surface area contributed by atoms with Gasteiger partial charge in [0.05, 0.1) is 0 Å². The fourth-order valence-electron chi connectivity index (χ4n) is 2.97. The molecule has 1 saturated heterocycles. The summed E-state index contributed by atoms with van der Waals surface area (Å²) in [6.45, 7) is 4.12. The van der Waals surface area contributed by atoms with Crippen LogP contribution in [-0.4, -0.2) is 37.0 Å². The second kappa shape index (κ2) is 11.1. The van der Waals surface area contributed by atoms with Gasteiger partial charge >= 0.3 is 0 Å². The van der Waals surface area contributed by atoms with Crippen LogP contribution in [0.1, 0.15) is 77.6 Å². The van der Waals surface area contributed by atoms with Gasteiger partial charge in [0.1, 0.15) is 0 Å². The lowest BCUT2D eigenvalue weighted by Gasteiger charge is -2.16. The van der Waals surface area contributed by atoms with Gasteiger partial charge in [0, 0.05) is 25.6 Å². The van der Waals surface area contributed by atoms with Crippen LogP contribution in [0.15, 0.2) is 0 Å². The van der Waals surface area contributed by atoms with Crippen molar-refractivity contribution < 1.29 is 4.79 Å². The summed E-state index contributed by atoms with van der Waals surface area (Å²) in [5.41, 5.74) is 0. The van der Waals surface area contributed by atoms with Crippen molar-refractivity contribution in [1.82, 2.24) is 10.2 Å². The van der Waals surface area contributed by atoms with Crippen LogP contribution in [0.25, 0.3) is 0 Å². The highest BCUT2D eigenvalue weighted by Gasteiger charge is 2.24. The fourth-order valence-corrected chi connectivity index (χ4v) is 2.97. The topological polar surface area (TPSA) is 32.3 Å². The molecule has 1 fully saturated rings. The molecule has 3 nitrogen and oxygen atoms in total. The molecule has 0 bridgehead atoms. The third-order valence-corrected chi connectivity index (χ3v) is 4.44. The van der Waals surface area contributed by atoms with Crippen molar-refractivity contribution in [2.24, 2.45) is 0 Å². The van der Waals surface area contributed by atoms with Crippen molar-refractivity contribution in [3.63, 3.8) is 0 Å². The smallest absolute Gasteiger partial charge is 0.222 e. The van der Waals surface area contributed by atoms with Gasteiger partial charge in [-0.2, -0.15) is 0 Å². The minimum absolute atomic E-state index is 0.366. The van der Waals surface area contributed by atoms with E-state index in [4.69, 9.17) is 0 Å². The van der Waals surface area contributed by atoms with Gasteiger partial charge in [0.2, 0.25) is 5.91 Å². The number of likely N-dealkylation sites (tertiary alicyclic amines) is 1.